The molecule has 1 aliphatic rings. The molecule has 0 unspecified atom stereocenters. The van der Waals surface area contributed by atoms with E-state index in [4.69, 9.17) is 16.3 Å². The number of nitrogens with one attached hydrogen (secondary N) is 2. The lowest BCUT2D eigenvalue weighted by molar-refractivity contribution is -0.122. The van der Waals surface area contributed by atoms with Gasteiger partial charge in [-0.1, -0.05) is 23.7 Å². The van der Waals surface area contributed by atoms with Crippen molar-refractivity contribution in [2.24, 2.45) is 4.99 Å². The van der Waals surface area contributed by atoms with Crippen molar-refractivity contribution in [3.05, 3.63) is 58.9 Å². The van der Waals surface area contributed by atoms with Gasteiger partial charge in [0.25, 0.3) is 0 Å². The lowest BCUT2D eigenvalue weighted by Gasteiger charge is -2.36. The fraction of sp³-hybridized carbons (Fsp3) is 0.364. The Morgan fingerprint density at radius 3 is 2.65 bits per heavy atom. The minimum Gasteiger partial charge on any atom is -0.488 e. The van der Waals surface area contributed by atoms with Crippen LogP contribution in [0, 0.1) is 5.82 Å². The van der Waals surface area contributed by atoms with Gasteiger partial charge < -0.3 is 20.3 Å². The molecule has 1 aliphatic heterocycles. The van der Waals surface area contributed by atoms with Gasteiger partial charge in [-0.25, -0.2) is 9.38 Å². The zero-order valence-corrected chi connectivity index (χ0v) is 18.6. The molecule has 0 aromatic heterocycles. The maximum Gasteiger partial charge on any atom is 0.234 e. The highest BCUT2D eigenvalue weighted by Crippen LogP contribution is 2.23. The number of benzene rings is 2. The van der Waals surface area contributed by atoms with Crippen LogP contribution in [0.3, 0.4) is 0 Å². The average molecular weight is 448 g/mol. The summed E-state index contributed by atoms with van der Waals surface area (Å²) in [5.41, 5.74) is 1.60. The van der Waals surface area contributed by atoms with Crippen molar-refractivity contribution >= 4 is 29.2 Å². The van der Waals surface area contributed by atoms with Gasteiger partial charge >= 0.3 is 0 Å². The Balaban J connectivity index is 1.78. The van der Waals surface area contributed by atoms with Crippen molar-refractivity contribution in [1.29, 1.82) is 0 Å². The third kappa shape index (κ3) is 6.57. The number of halogens is 2. The second kappa shape index (κ2) is 10.5. The fourth-order valence-electron chi connectivity index (χ4n) is 3.11. The van der Waals surface area contributed by atoms with Gasteiger partial charge in [-0.2, -0.15) is 0 Å². The summed E-state index contributed by atoms with van der Waals surface area (Å²) in [5.74, 6) is 0.280. The molecule has 0 bridgehead atoms. The summed E-state index contributed by atoms with van der Waals surface area (Å²) >= 11 is 6.00. The maximum atomic E-state index is 14.4. The SMILES string of the molecule is CNC(=O)CN1CN=C(Nc2ccc(OC(C)C)c(F)c2)N(Cc2ccc(Cl)cc2)C1. The van der Waals surface area contributed by atoms with Gasteiger partial charge in [0.15, 0.2) is 11.6 Å². The van der Waals surface area contributed by atoms with Gasteiger partial charge in [-0.3, -0.25) is 9.69 Å². The van der Waals surface area contributed by atoms with Crippen LogP contribution in [-0.4, -0.2) is 54.7 Å². The number of hydrogen-bond donors (Lipinski definition) is 2. The molecular weight excluding hydrogens is 421 g/mol. The molecule has 3 rings (SSSR count). The third-order valence-electron chi connectivity index (χ3n) is 4.57. The minimum absolute atomic E-state index is 0.0825. The molecule has 166 valence electrons. The Labute approximate surface area is 186 Å². The van der Waals surface area contributed by atoms with Gasteiger partial charge in [-0.15, -0.1) is 0 Å². The van der Waals surface area contributed by atoms with E-state index >= 15 is 0 Å². The largest absolute Gasteiger partial charge is 0.488 e. The molecule has 7 nitrogen and oxygen atoms in total. The summed E-state index contributed by atoms with van der Waals surface area (Å²) < 4.78 is 19.9. The summed E-state index contributed by atoms with van der Waals surface area (Å²) in [7, 11) is 1.61. The molecule has 1 heterocycles. The van der Waals surface area contributed by atoms with Crippen LogP contribution >= 0.6 is 11.6 Å². The third-order valence-corrected chi connectivity index (χ3v) is 4.83. The summed E-state index contributed by atoms with van der Waals surface area (Å²) in [4.78, 5) is 20.3. The predicted octanol–water partition coefficient (Wildman–Crippen LogP) is 3.51. The number of guanidine groups is 1. The van der Waals surface area contributed by atoms with Crippen molar-refractivity contribution in [3.8, 4) is 5.75 Å². The lowest BCUT2D eigenvalue weighted by atomic mass is 10.2. The number of hydrogen-bond acceptors (Lipinski definition) is 6. The summed E-state index contributed by atoms with van der Waals surface area (Å²) in [6.45, 7) is 5.32. The van der Waals surface area contributed by atoms with E-state index in [1.54, 1.807) is 19.2 Å². The standard InChI is InChI=1S/C22H27ClFN5O2/c1-15(2)31-20-9-8-18(10-19(20)24)27-22-26-13-28(12-21(30)25-3)14-29(22)11-16-4-6-17(23)7-5-16/h4-10,15H,11-14H2,1-3H3,(H,25,30)(H,26,27). The topological polar surface area (TPSA) is 69.2 Å². The number of anilines is 1. The number of ether oxygens (including phenoxy) is 1. The van der Waals surface area contributed by atoms with E-state index in [1.807, 2.05) is 47.9 Å². The van der Waals surface area contributed by atoms with Gasteiger partial charge in [-0.05, 0) is 43.7 Å². The summed E-state index contributed by atoms with van der Waals surface area (Å²) in [5, 5.41) is 6.49. The monoisotopic (exact) mass is 447 g/mol. The first-order chi connectivity index (χ1) is 14.8. The second-order valence-corrected chi connectivity index (χ2v) is 7.96. The van der Waals surface area contributed by atoms with E-state index in [0.717, 1.165) is 5.56 Å². The van der Waals surface area contributed by atoms with Crippen LogP contribution in [-0.2, 0) is 11.3 Å². The quantitative estimate of drug-likeness (QED) is 0.679. The average Bonchev–Trinajstić information content (AvgIpc) is 2.73. The molecule has 2 N–H and O–H groups in total. The molecular formula is C22H27ClFN5O2. The number of carbonyl (C=O) groups excluding carboxylic acids is 1. The summed E-state index contributed by atoms with van der Waals surface area (Å²) in [6.07, 6.45) is -0.114. The number of amides is 1. The molecule has 0 saturated heterocycles. The van der Waals surface area contributed by atoms with Gasteiger partial charge in [0.2, 0.25) is 11.9 Å². The molecule has 0 saturated carbocycles. The second-order valence-electron chi connectivity index (χ2n) is 7.53. The molecule has 0 aliphatic carbocycles. The van der Waals surface area contributed by atoms with Crippen molar-refractivity contribution in [1.82, 2.24) is 15.1 Å². The van der Waals surface area contributed by atoms with E-state index in [1.165, 1.54) is 6.07 Å². The van der Waals surface area contributed by atoms with Gasteiger partial charge in [0.05, 0.1) is 26.0 Å². The van der Waals surface area contributed by atoms with E-state index in [0.29, 0.717) is 36.6 Å². The number of aliphatic imine (C=N–C) groups is 1. The highest BCUT2D eigenvalue weighted by Gasteiger charge is 2.23. The van der Waals surface area contributed by atoms with Crippen LogP contribution in [0.5, 0.6) is 5.75 Å². The zero-order valence-electron chi connectivity index (χ0n) is 17.9. The van der Waals surface area contributed by atoms with Crippen molar-refractivity contribution in [3.63, 3.8) is 0 Å². The van der Waals surface area contributed by atoms with Crippen LogP contribution in [0.1, 0.15) is 19.4 Å². The Hall–Kier alpha value is -2.84. The first kappa shape index (κ1) is 22.8. The smallest absolute Gasteiger partial charge is 0.234 e. The van der Waals surface area contributed by atoms with E-state index < -0.39 is 5.82 Å². The fourth-order valence-corrected chi connectivity index (χ4v) is 3.24. The molecule has 0 spiro atoms. The van der Waals surface area contributed by atoms with E-state index in [-0.39, 0.29) is 24.3 Å². The molecule has 1 amide bonds. The number of nitrogens with zero attached hydrogens (tertiary/aromatic N) is 3. The molecule has 0 fully saturated rings. The van der Waals surface area contributed by atoms with Crippen molar-refractivity contribution in [2.75, 3.05) is 32.2 Å². The Kier molecular flexibility index (Phi) is 7.70. The Morgan fingerprint density at radius 2 is 2.00 bits per heavy atom. The zero-order chi connectivity index (χ0) is 22.4. The maximum absolute atomic E-state index is 14.4. The summed E-state index contributed by atoms with van der Waals surface area (Å²) in [6, 6.07) is 12.3. The van der Waals surface area contributed by atoms with Crippen LogP contribution in [0.25, 0.3) is 0 Å². The molecule has 9 heteroatoms. The van der Waals surface area contributed by atoms with Crippen LogP contribution in [0.15, 0.2) is 47.5 Å². The molecule has 0 atom stereocenters. The Bertz CT molecular complexity index is 936. The van der Waals surface area contributed by atoms with E-state index in [9.17, 15) is 9.18 Å². The van der Waals surface area contributed by atoms with Gasteiger partial charge in [0.1, 0.15) is 0 Å². The van der Waals surface area contributed by atoms with Crippen LogP contribution in [0.2, 0.25) is 5.02 Å². The lowest BCUT2D eigenvalue weighted by Crippen LogP contribution is -2.50. The number of carbonyl (C=O) groups is 1. The highest BCUT2D eigenvalue weighted by molar-refractivity contribution is 6.30. The molecule has 2 aromatic rings. The molecule has 2 aromatic carbocycles. The highest BCUT2D eigenvalue weighted by atomic mass is 35.5. The molecule has 31 heavy (non-hydrogen) atoms. The van der Waals surface area contributed by atoms with Gasteiger partial charge in [0, 0.05) is 30.4 Å². The minimum atomic E-state index is -0.444. The van der Waals surface area contributed by atoms with E-state index in [2.05, 4.69) is 15.6 Å². The normalized spacial score (nSPS) is 14.4. The first-order valence-corrected chi connectivity index (χ1v) is 10.4. The van der Waals surface area contributed by atoms with Crippen molar-refractivity contribution in [2.45, 2.75) is 26.5 Å². The van der Waals surface area contributed by atoms with Crippen LogP contribution < -0.4 is 15.4 Å². The molecule has 0 radical (unpaired) electrons. The Morgan fingerprint density at radius 1 is 1.26 bits per heavy atom. The van der Waals surface area contributed by atoms with Crippen LogP contribution in [0.4, 0.5) is 10.1 Å². The predicted molar refractivity (Wildman–Crippen MR) is 121 cm³/mol. The first-order valence-electron chi connectivity index (χ1n) is 10.0. The number of rotatable bonds is 7. The van der Waals surface area contributed by atoms with Crippen molar-refractivity contribution < 1.29 is 13.9 Å². The number of likely N-dealkylation sites (N-methyl/N-ethyl adjacent to an activating group) is 1.